The summed E-state index contributed by atoms with van der Waals surface area (Å²) in [5.74, 6) is 1.93. The molecular weight excluding hydrogens is 382 g/mol. The predicted octanol–water partition coefficient (Wildman–Crippen LogP) is 6.01. The quantitative estimate of drug-likeness (QED) is 0.423. The molecule has 2 N–H and O–H groups in total. The number of ether oxygens (including phenoxy) is 1. The molecule has 0 aliphatic carbocycles. The molecule has 1 fully saturated rings. The van der Waals surface area contributed by atoms with E-state index in [0.29, 0.717) is 11.8 Å². The number of nitrogens with one attached hydrogen (secondary N) is 2. The highest BCUT2D eigenvalue weighted by Gasteiger charge is 2.26. The number of nitrogens with zero attached hydrogens (tertiary/aromatic N) is 1. The first-order valence-corrected chi connectivity index (χ1v) is 11.2. The smallest absolute Gasteiger partial charge is 0.119 e. The molecule has 1 aliphatic rings. The van der Waals surface area contributed by atoms with Gasteiger partial charge >= 0.3 is 0 Å². The average molecular weight is 412 g/mol. The first-order chi connectivity index (χ1) is 15.2. The van der Waals surface area contributed by atoms with Crippen LogP contribution in [0.5, 0.6) is 5.75 Å². The van der Waals surface area contributed by atoms with Crippen LogP contribution in [0.2, 0.25) is 0 Å². The maximum Gasteiger partial charge on any atom is 0.119 e. The van der Waals surface area contributed by atoms with E-state index in [1.54, 1.807) is 7.11 Å². The van der Waals surface area contributed by atoms with Crippen molar-refractivity contribution >= 4 is 10.9 Å². The van der Waals surface area contributed by atoms with Crippen molar-refractivity contribution in [2.24, 2.45) is 5.92 Å². The van der Waals surface area contributed by atoms with Gasteiger partial charge in [-0.15, -0.1) is 0 Å². The van der Waals surface area contributed by atoms with Crippen LogP contribution in [0.25, 0.3) is 33.2 Å². The summed E-state index contributed by atoms with van der Waals surface area (Å²) in [5.41, 5.74) is 7.16. The van der Waals surface area contributed by atoms with Gasteiger partial charge in [0, 0.05) is 51.6 Å². The third-order valence-electron chi connectivity index (χ3n) is 6.66. The SMILES string of the molecule is COc1cccc(-c2cncc(-c3c(C(C)C4CCCNC4)[nH]c4ccccc34)c2)c1. The highest BCUT2D eigenvalue weighted by Crippen LogP contribution is 2.40. The fourth-order valence-electron chi connectivity index (χ4n) is 4.89. The van der Waals surface area contributed by atoms with Gasteiger partial charge in [-0.2, -0.15) is 0 Å². The Balaban J connectivity index is 1.62. The number of aromatic nitrogens is 2. The fourth-order valence-corrected chi connectivity index (χ4v) is 4.89. The van der Waals surface area contributed by atoms with Gasteiger partial charge < -0.3 is 15.0 Å². The van der Waals surface area contributed by atoms with E-state index in [0.717, 1.165) is 35.5 Å². The van der Waals surface area contributed by atoms with Crippen molar-refractivity contribution in [2.75, 3.05) is 20.2 Å². The maximum absolute atomic E-state index is 5.42. The van der Waals surface area contributed by atoms with Gasteiger partial charge in [-0.05, 0) is 61.7 Å². The molecule has 2 unspecified atom stereocenters. The van der Waals surface area contributed by atoms with Gasteiger partial charge in [-0.25, -0.2) is 0 Å². The van der Waals surface area contributed by atoms with Crippen LogP contribution in [0.3, 0.4) is 0 Å². The van der Waals surface area contributed by atoms with Crippen molar-refractivity contribution in [3.8, 4) is 28.0 Å². The Kier molecular flexibility index (Phi) is 5.47. The van der Waals surface area contributed by atoms with Gasteiger partial charge in [0.15, 0.2) is 0 Å². The highest BCUT2D eigenvalue weighted by atomic mass is 16.5. The lowest BCUT2D eigenvalue weighted by Gasteiger charge is -2.28. The Morgan fingerprint density at radius 3 is 2.71 bits per heavy atom. The second-order valence-corrected chi connectivity index (χ2v) is 8.55. The molecule has 0 spiro atoms. The maximum atomic E-state index is 5.42. The molecule has 3 heterocycles. The van der Waals surface area contributed by atoms with E-state index in [1.165, 1.54) is 35.0 Å². The number of methoxy groups -OCH3 is 1. The van der Waals surface area contributed by atoms with Gasteiger partial charge in [0.25, 0.3) is 0 Å². The lowest BCUT2D eigenvalue weighted by molar-refractivity contribution is 0.332. The molecular formula is C27H29N3O. The molecule has 2 atom stereocenters. The first kappa shape index (κ1) is 19.8. The molecule has 0 radical (unpaired) electrons. The van der Waals surface area contributed by atoms with Gasteiger partial charge in [-0.3, -0.25) is 4.98 Å². The van der Waals surface area contributed by atoms with E-state index < -0.39 is 0 Å². The zero-order valence-corrected chi connectivity index (χ0v) is 18.2. The number of fused-ring (bicyclic) bond motifs is 1. The summed E-state index contributed by atoms with van der Waals surface area (Å²) >= 11 is 0. The molecule has 1 saturated heterocycles. The highest BCUT2D eigenvalue weighted by molar-refractivity contribution is 5.98. The molecule has 4 heteroatoms. The zero-order chi connectivity index (χ0) is 21.2. The Morgan fingerprint density at radius 1 is 1.00 bits per heavy atom. The minimum absolute atomic E-state index is 0.440. The second kappa shape index (κ2) is 8.56. The van der Waals surface area contributed by atoms with E-state index in [1.807, 2.05) is 24.5 Å². The topological polar surface area (TPSA) is 49.9 Å². The number of hydrogen-bond acceptors (Lipinski definition) is 3. The summed E-state index contributed by atoms with van der Waals surface area (Å²) in [7, 11) is 1.70. The lowest BCUT2D eigenvalue weighted by Crippen LogP contribution is -2.32. The average Bonchev–Trinajstić information content (AvgIpc) is 3.24. The lowest BCUT2D eigenvalue weighted by atomic mass is 9.83. The van der Waals surface area contributed by atoms with Crippen LogP contribution < -0.4 is 10.1 Å². The summed E-state index contributed by atoms with van der Waals surface area (Å²) in [6.45, 7) is 4.58. The van der Waals surface area contributed by atoms with Crippen LogP contribution in [-0.4, -0.2) is 30.2 Å². The molecule has 4 aromatic rings. The van der Waals surface area contributed by atoms with Gasteiger partial charge in [0.05, 0.1) is 7.11 Å². The van der Waals surface area contributed by atoms with Crippen LogP contribution in [0.1, 0.15) is 31.4 Å². The molecule has 2 aromatic heterocycles. The minimum Gasteiger partial charge on any atom is -0.497 e. The fraction of sp³-hybridized carbons (Fsp3) is 0.296. The monoisotopic (exact) mass is 411 g/mol. The Morgan fingerprint density at radius 2 is 1.87 bits per heavy atom. The summed E-state index contributed by atoms with van der Waals surface area (Å²) in [4.78, 5) is 8.39. The number of para-hydroxylation sites is 1. The van der Waals surface area contributed by atoms with E-state index >= 15 is 0 Å². The molecule has 1 aliphatic heterocycles. The molecule has 5 rings (SSSR count). The Hall–Kier alpha value is -3.11. The van der Waals surface area contributed by atoms with E-state index in [-0.39, 0.29) is 0 Å². The van der Waals surface area contributed by atoms with E-state index in [4.69, 9.17) is 4.74 Å². The summed E-state index contributed by atoms with van der Waals surface area (Å²) in [6.07, 6.45) is 6.44. The largest absolute Gasteiger partial charge is 0.497 e. The standard InChI is InChI=1S/C27H29N3O/c1-18(20-8-6-12-28-15-20)27-26(24-10-3-4-11-25(24)30-27)22-13-21(16-29-17-22)19-7-5-9-23(14-19)31-2/h3-5,7,9-11,13-14,16-18,20,28,30H,6,8,12,15H2,1-2H3. The number of hydrogen-bond donors (Lipinski definition) is 2. The molecule has 0 bridgehead atoms. The first-order valence-electron chi connectivity index (χ1n) is 11.2. The minimum atomic E-state index is 0.440. The molecule has 4 nitrogen and oxygen atoms in total. The van der Waals surface area contributed by atoms with E-state index in [2.05, 4.69) is 64.7 Å². The molecule has 31 heavy (non-hydrogen) atoms. The van der Waals surface area contributed by atoms with Crippen LogP contribution in [-0.2, 0) is 0 Å². The van der Waals surface area contributed by atoms with Crippen molar-refractivity contribution in [3.63, 3.8) is 0 Å². The molecule has 158 valence electrons. The Bertz CT molecular complexity index is 1190. The zero-order valence-electron chi connectivity index (χ0n) is 18.2. The normalized spacial score (nSPS) is 17.5. The number of pyridine rings is 1. The third-order valence-corrected chi connectivity index (χ3v) is 6.66. The number of rotatable bonds is 5. The van der Waals surface area contributed by atoms with Crippen LogP contribution >= 0.6 is 0 Å². The summed E-state index contributed by atoms with van der Waals surface area (Å²) in [6, 6.07) is 19.0. The van der Waals surface area contributed by atoms with Crippen molar-refractivity contribution < 1.29 is 4.74 Å². The van der Waals surface area contributed by atoms with Gasteiger partial charge in [0.2, 0.25) is 0 Å². The summed E-state index contributed by atoms with van der Waals surface area (Å²) in [5, 5.41) is 4.84. The van der Waals surface area contributed by atoms with Crippen molar-refractivity contribution in [2.45, 2.75) is 25.7 Å². The third kappa shape index (κ3) is 3.84. The summed E-state index contributed by atoms with van der Waals surface area (Å²) < 4.78 is 5.42. The van der Waals surface area contributed by atoms with Crippen molar-refractivity contribution in [1.82, 2.24) is 15.3 Å². The van der Waals surface area contributed by atoms with Crippen LogP contribution in [0.4, 0.5) is 0 Å². The second-order valence-electron chi connectivity index (χ2n) is 8.55. The predicted molar refractivity (Wildman–Crippen MR) is 128 cm³/mol. The Labute approximate surface area is 183 Å². The number of H-pyrrole nitrogens is 1. The number of piperidine rings is 1. The van der Waals surface area contributed by atoms with Gasteiger partial charge in [0.1, 0.15) is 5.75 Å². The van der Waals surface area contributed by atoms with Crippen molar-refractivity contribution in [1.29, 1.82) is 0 Å². The van der Waals surface area contributed by atoms with Gasteiger partial charge in [-0.1, -0.05) is 37.3 Å². The molecule has 0 amide bonds. The molecule has 2 aromatic carbocycles. The molecule has 0 saturated carbocycles. The number of benzene rings is 2. The van der Waals surface area contributed by atoms with Crippen LogP contribution in [0.15, 0.2) is 67.0 Å². The van der Waals surface area contributed by atoms with Crippen LogP contribution in [0, 0.1) is 5.92 Å². The van der Waals surface area contributed by atoms with Crippen molar-refractivity contribution in [3.05, 3.63) is 72.7 Å². The van der Waals surface area contributed by atoms with E-state index in [9.17, 15) is 0 Å². The number of aromatic amines is 1.